The molecule has 2 heterocycles. The Morgan fingerprint density at radius 2 is 1.95 bits per heavy atom. The highest BCUT2D eigenvalue weighted by atomic mass is 32.2. The van der Waals surface area contributed by atoms with Crippen molar-refractivity contribution in [2.24, 2.45) is 0 Å². The van der Waals surface area contributed by atoms with Gasteiger partial charge in [-0.15, -0.1) is 0 Å². The lowest BCUT2D eigenvalue weighted by atomic mass is 10.4. The van der Waals surface area contributed by atoms with Gasteiger partial charge in [-0.3, -0.25) is 10.1 Å². The molecular weight excluding hydrogens is 294 g/mol. The Labute approximate surface area is 125 Å². The Kier molecular flexibility index (Phi) is 4.41. The maximum absolute atomic E-state index is 11.2. The van der Waals surface area contributed by atoms with Crippen LogP contribution < -0.4 is 5.32 Å². The SMILES string of the molecule is CCNc1nc(C)c([N+](=O)[O-])c(Sc2nc(C)c(C)o2)n1. The first kappa shape index (κ1) is 15.2. The fraction of sp³-hybridized carbons (Fsp3) is 0.417. The molecule has 8 nitrogen and oxygen atoms in total. The van der Waals surface area contributed by atoms with Crippen molar-refractivity contribution in [3.8, 4) is 0 Å². The highest BCUT2D eigenvalue weighted by molar-refractivity contribution is 7.99. The first-order valence-corrected chi connectivity index (χ1v) is 7.12. The van der Waals surface area contributed by atoms with Crippen molar-refractivity contribution >= 4 is 23.4 Å². The number of hydrogen-bond acceptors (Lipinski definition) is 8. The number of oxazole rings is 1. The fourth-order valence-corrected chi connectivity index (χ4v) is 2.59. The molecule has 0 bridgehead atoms. The minimum Gasteiger partial charge on any atom is -0.436 e. The van der Waals surface area contributed by atoms with Crippen LogP contribution in [0.3, 0.4) is 0 Å². The fourth-order valence-electron chi connectivity index (χ4n) is 1.63. The van der Waals surface area contributed by atoms with Crippen LogP contribution in [0, 0.1) is 30.9 Å². The van der Waals surface area contributed by atoms with Crippen LogP contribution >= 0.6 is 11.8 Å². The minimum atomic E-state index is -0.490. The summed E-state index contributed by atoms with van der Waals surface area (Å²) in [6, 6.07) is 0. The van der Waals surface area contributed by atoms with Crippen LogP contribution in [0.15, 0.2) is 14.7 Å². The lowest BCUT2D eigenvalue weighted by Crippen LogP contribution is -2.07. The van der Waals surface area contributed by atoms with Gasteiger partial charge in [0.1, 0.15) is 11.5 Å². The van der Waals surface area contributed by atoms with Gasteiger partial charge in [0.05, 0.1) is 10.6 Å². The zero-order chi connectivity index (χ0) is 15.6. The first-order chi connectivity index (χ1) is 9.92. The molecule has 0 aliphatic carbocycles. The summed E-state index contributed by atoms with van der Waals surface area (Å²) < 4.78 is 5.44. The van der Waals surface area contributed by atoms with E-state index in [4.69, 9.17) is 4.42 Å². The molecule has 0 atom stereocenters. The molecule has 0 spiro atoms. The third kappa shape index (κ3) is 3.30. The molecule has 0 aliphatic rings. The predicted octanol–water partition coefficient (Wildman–Crippen LogP) is 2.88. The van der Waals surface area contributed by atoms with Gasteiger partial charge in [-0.05, 0) is 39.5 Å². The molecule has 0 saturated carbocycles. The molecule has 2 rings (SSSR count). The largest absolute Gasteiger partial charge is 0.436 e. The number of hydrogen-bond donors (Lipinski definition) is 1. The average molecular weight is 309 g/mol. The van der Waals surface area contributed by atoms with Crippen LogP contribution in [0.25, 0.3) is 0 Å². The van der Waals surface area contributed by atoms with Gasteiger partial charge in [0.2, 0.25) is 5.95 Å². The third-order valence-corrected chi connectivity index (χ3v) is 3.56. The van der Waals surface area contributed by atoms with Crippen LogP contribution in [-0.4, -0.2) is 26.4 Å². The predicted molar refractivity (Wildman–Crippen MR) is 77.7 cm³/mol. The van der Waals surface area contributed by atoms with Gasteiger partial charge in [0.15, 0.2) is 5.03 Å². The highest BCUT2D eigenvalue weighted by Gasteiger charge is 2.24. The number of nitro groups is 1. The summed E-state index contributed by atoms with van der Waals surface area (Å²) in [6.45, 7) is 7.70. The maximum Gasteiger partial charge on any atom is 0.323 e. The van der Waals surface area contributed by atoms with Crippen LogP contribution in [0.4, 0.5) is 11.6 Å². The van der Waals surface area contributed by atoms with Crippen molar-refractivity contribution in [1.82, 2.24) is 15.0 Å². The second kappa shape index (κ2) is 6.08. The third-order valence-electron chi connectivity index (χ3n) is 2.74. The summed E-state index contributed by atoms with van der Waals surface area (Å²) in [5.41, 5.74) is 0.918. The molecule has 9 heteroatoms. The second-order valence-corrected chi connectivity index (χ2v) is 5.24. The van der Waals surface area contributed by atoms with Gasteiger partial charge in [-0.2, -0.15) is 4.98 Å². The van der Waals surface area contributed by atoms with E-state index in [1.807, 2.05) is 13.8 Å². The van der Waals surface area contributed by atoms with E-state index in [0.717, 1.165) is 17.5 Å². The van der Waals surface area contributed by atoms with Gasteiger partial charge in [-0.1, -0.05) is 0 Å². The van der Waals surface area contributed by atoms with Gasteiger partial charge in [-0.25, -0.2) is 9.97 Å². The highest BCUT2D eigenvalue weighted by Crippen LogP contribution is 2.35. The summed E-state index contributed by atoms with van der Waals surface area (Å²) in [4.78, 5) is 23.2. The second-order valence-electron chi connectivity index (χ2n) is 4.30. The number of nitrogens with one attached hydrogen (secondary N) is 1. The van der Waals surface area contributed by atoms with E-state index in [9.17, 15) is 10.1 Å². The Hall–Kier alpha value is -2.16. The Morgan fingerprint density at radius 1 is 1.24 bits per heavy atom. The molecule has 1 N–H and O–H groups in total. The first-order valence-electron chi connectivity index (χ1n) is 6.31. The van der Waals surface area contributed by atoms with Crippen molar-refractivity contribution in [3.63, 3.8) is 0 Å². The molecule has 2 aromatic heterocycles. The van der Waals surface area contributed by atoms with Crippen molar-refractivity contribution in [1.29, 1.82) is 0 Å². The Balaban J connectivity index is 2.45. The lowest BCUT2D eigenvalue weighted by Gasteiger charge is -2.06. The lowest BCUT2D eigenvalue weighted by molar-refractivity contribution is -0.389. The molecule has 0 unspecified atom stereocenters. The van der Waals surface area contributed by atoms with Crippen molar-refractivity contribution in [3.05, 3.63) is 27.3 Å². The summed E-state index contributed by atoms with van der Waals surface area (Å²) in [6.07, 6.45) is 0. The zero-order valence-corrected chi connectivity index (χ0v) is 12.9. The number of nitrogens with zero attached hydrogens (tertiary/aromatic N) is 4. The molecule has 2 aromatic rings. The average Bonchev–Trinajstić information content (AvgIpc) is 2.67. The van der Waals surface area contributed by atoms with Crippen LogP contribution in [0.2, 0.25) is 0 Å². The number of aryl methyl sites for hydroxylation is 3. The number of rotatable bonds is 5. The van der Waals surface area contributed by atoms with Gasteiger partial charge in [0.25, 0.3) is 5.22 Å². The van der Waals surface area contributed by atoms with E-state index < -0.39 is 4.92 Å². The van der Waals surface area contributed by atoms with Crippen LogP contribution in [0.5, 0.6) is 0 Å². The van der Waals surface area contributed by atoms with Gasteiger partial charge >= 0.3 is 5.69 Å². The number of anilines is 1. The molecule has 0 aromatic carbocycles. The Bertz CT molecular complexity index is 666. The smallest absolute Gasteiger partial charge is 0.323 e. The van der Waals surface area contributed by atoms with Crippen molar-refractivity contribution in [2.45, 2.75) is 37.9 Å². The Morgan fingerprint density at radius 3 is 2.48 bits per heavy atom. The molecule has 0 radical (unpaired) electrons. The van der Waals surface area contributed by atoms with Gasteiger partial charge < -0.3 is 9.73 Å². The topological polar surface area (TPSA) is 107 Å². The summed E-state index contributed by atoms with van der Waals surface area (Å²) in [5, 5.41) is 14.7. The van der Waals surface area contributed by atoms with Crippen molar-refractivity contribution < 1.29 is 9.34 Å². The molecule has 0 aliphatic heterocycles. The van der Waals surface area contributed by atoms with E-state index in [0.29, 0.717) is 29.2 Å². The molecule has 0 fully saturated rings. The van der Waals surface area contributed by atoms with E-state index in [1.54, 1.807) is 13.8 Å². The zero-order valence-electron chi connectivity index (χ0n) is 12.1. The summed E-state index contributed by atoms with van der Waals surface area (Å²) in [5.74, 6) is 1.03. The summed E-state index contributed by atoms with van der Waals surface area (Å²) in [7, 11) is 0. The standard InChI is InChI=1S/C12H15N5O3S/c1-5-13-11-14-7(3)9(17(18)19)10(16-11)21-12-15-6(2)8(4)20-12/h5H2,1-4H3,(H,13,14,16). The minimum absolute atomic E-state index is 0.129. The maximum atomic E-state index is 11.2. The number of aromatic nitrogens is 3. The molecule has 21 heavy (non-hydrogen) atoms. The molecule has 112 valence electrons. The van der Waals surface area contributed by atoms with Gasteiger partial charge in [0, 0.05) is 6.54 Å². The van der Waals surface area contributed by atoms with Crippen LogP contribution in [-0.2, 0) is 0 Å². The van der Waals surface area contributed by atoms with E-state index >= 15 is 0 Å². The van der Waals surface area contributed by atoms with Crippen LogP contribution in [0.1, 0.15) is 24.1 Å². The van der Waals surface area contributed by atoms with E-state index in [-0.39, 0.29) is 10.7 Å². The quantitative estimate of drug-likeness (QED) is 0.510. The van der Waals surface area contributed by atoms with E-state index in [2.05, 4.69) is 20.3 Å². The molecule has 0 saturated heterocycles. The molecule has 0 amide bonds. The summed E-state index contributed by atoms with van der Waals surface area (Å²) >= 11 is 1.02. The normalized spacial score (nSPS) is 10.7. The van der Waals surface area contributed by atoms with Crippen molar-refractivity contribution in [2.75, 3.05) is 11.9 Å². The van der Waals surface area contributed by atoms with E-state index in [1.165, 1.54) is 0 Å². The molecular formula is C12H15N5O3S. The monoisotopic (exact) mass is 309 g/mol.